The number of thioether (sulfide) groups is 1. The van der Waals surface area contributed by atoms with Crippen molar-refractivity contribution in [2.24, 2.45) is 0 Å². The molecule has 2 aromatic carbocycles. The van der Waals surface area contributed by atoms with Crippen molar-refractivity contribution in [2.75, 3.05) is 5.88 Å². The number of hydrogen-bond donors (Lipinski definition) is 1. The molecule has 0 fully saturated rings. The highest BCUT2D eigenvalue weighted by Gasteiger charge is 2.35. The Morgan fingerprint density at radius 3 is 2.09 bits per heavy atom. The van der Waals surface area contributed by atoms with Gasteiger partial charge in [-0.25, -0.2) is 0 Å². The zero-order valence-electron chi connectivity index (χ0n) is 12.1. The molecule has 0 unspecified atom stereocenters. The van der Waals surface area contributed by atoms with E-state index < -0.39 is 0 Å². The van der Waals surface area contributed by atoms with E-state index in [9.17, 15) is 9.59 Å². The Hall–Kier alpha value is -2.02. The molecule has 0 bridgehead atoms. The summed E-state index contributed by atoms with van der Waals surface area (Å²) in [5.41, 5.74) is 2.52. The molecule has 0 radical (unpaired) electrons. The van der Waals surface area contributed by atoms with E-state index >= 15 is 0 Å². The van der Waals surface area contributed by atoms with Crippen molar-refractivity contribution in [3.8, 4) is 0 Å². The molecule has 3 rings (SSSR count). The summed E-state index contributed by atoms with van der Waals surface area (Å²) in [5, 5.41) is 9.04. The summed E-state index contributed by atoms with van der Waals surface area (Å²) in [4.78, 5) is 25.7. The van der Waals surface area contributed by atoms with Crippen molar-refractivity contribution >= 4 is 40.0 Å². The first-order chi connectivity index (χ1) is 11.1. The Morgan fingerprint density at radius 2 is 1.57 bits per heavy atom. The third-order valence-electron chi connectivity index (χ3n) is 3.58. The SMILES string of the molecule is O=C1c2ccccc2C(=O)N1CSC(=S)c1ccc(CO)cc1. The molecular formula is C17H13NO3S2. The topological polar surface area (TPSA) is 57.6 Å². The van der Waals surface area contributed by atoms with Crippen LogP contribution in [-0.2, 0) is 6.61 Å². The van der Waals surface area contributed by atoms with Crippen LogP contribution in [0.2, 0.25) is 0 Å². The van der Waals surface area contributed by atoms with Gasteiger partial charge in [0.15, 0.2) is 0 Å². The lowest BCUT2D eigenvalue weighted by atomic mass is 10.1. The lowest BCUT2D eigenvalue weighted by Crippen LogP contribution is -2.29. The number of carbonyl (C=O) groups excluding carboxylic acids is 2. The highest BCUT2D eigenvalue weighted by molar-refractivity contribution is 8.23. The fourth-order valence-electron chi connectivity index (χ4n) is 2.31. The minimum Gasteiger partial charge on any atom is -0.392 e. The van der Waals surface area contributed by atoms with Crippen LogP contribution in [-0.4, -0.2) is 31.9 Å². The highest BCUT2D eigenvalue weighted by Crippen LogP contribution is 2.25. The lowest BCUT2D eigenvalue weighted by Gasteiger charge is -2.13. The summed E-state index contributed by atoms with van der Waals surface area (Å²) in [6, 6.07) is 14.0. The summed E-state index contributed by atoms with van der Waals surface area (Å²) in [7, 11) is 0. The molecule has 0 saturated carbocycles. The number of imide groups is 1. The van der Waals surface area contributed by atoms with Crippen LogP contribution in [0, 0.1) is 0 Å². The maximum atomic E-state index is 12.3. The summed E-state index contributed by atoms with van der Waals surface area (Å²) < 4.78 is 0.603. The molecule has 0 saturated heterocycles. The van der Waals surface area contributed by atoms with E-state index in [1.54, 1.807) is 36.4 Å². The molecule has 0 spiro atoms. The summed E-state index contributed by atoms with van der Waals surface area (Å²) in [6.45, 7) is -0.0186. The molecule has 116 valence electrons. The number of thiocarbonyl (C=S) groups is 1. The summed E-state index contributed by atoms with van der Waals surface area (Å²) in [6.07, 6.45) is 0. The van der Waals surface area contributed by atoms with E-state index in [1.807, 2.05) is 12.1 Å². The monoisotopic (exact) mass is 343 g/mol. The average molecular weight is 343 g/mol. The molecule has 0 aliphatic carbocycles. The van der Waals surface area contributed by atoms with Crippen LogP contribution < -0.4 is 0 Å². The van der Waals surface area contributed by atoms with E-state index in [1.165, 1.54) is 16.7 Å². The van der Waals surface area contributed by atoms with Crippen molar-refractivity contribution in [1.82, 2.24) is 4.90 Å². The van der Waals surface area contributed by atoms with Crippen LogP contribution in [0.15, 0.2) is 48.5 Å². The predicted molar refractivity (Wildman–Crippen MR) is 93.5 cm³/mol. The molecule has 4 nitrogen and oxygen atoms in total. The minimum atomic E-state index is -0.281. The van der Waals surface area contributed by atoms with Gasteiger partial charge in [0.2, 0.25) is 0 Å². The second-order valence-electron chi connectivity index (χ2n) is 5.00. The molecule has 23 heavy (non-hydrogen) atoms. The molecule has 1 N–H and O–H groups in total. The quantitative estimate of drug-likeness (QED) is 0.683. The number of aliphatic hydroxyl groups is 1. The molecule has 0 aromatic heterocycles. The first-order valence-corrected chi connectivity index (χ1v) is 8.33. The van der Waals surface area contributed by atoms with Gasteiger partial charge in [0.25, 0.3) is 11.8 Å². The molecule has 6 heteroatoms. The van der Waals surface area contributed by atoms with Gasteiger partial charge < -0.3 is 5.11 Å². The van der Waals surface area contributed by atoms with Crippen LogP contribution in [0.4, 0.5) is 0 Å². The normalized spacial score (nSPS) is 13.3. The highest BCUT2D eigenvalue weighted by atomic mass is 32.2. The third-order valence-corrected chi connectivity index (χ3v) is 5.05. The van der Waals surface area contributed by atoms with Crippen LogP contribution in [0.3, 0.4) is 0 Å². The number of rotatable bonds is 4. The fourth-order valence-corrected chi connectivity index (χ4v) is 3.39. The maximum absolute atomic E-state index is 12.3. The number of nitrogens with zero attached hydrogens (tertiary/aromatic N) is 1. The van der Waals surface area contributed by atoms with Gasteiger partial charge in [0, 0.05) is 0 Å². The number of benzene rings is 2. The van der Waals surface area contributed by atoms with Crippen molar-refractivity contribution in [1.29, 1.82) is 0 Å². The van der Waals surface area contributed by atoms with Crippen LogP contribution >= 0.6 is 24.0 Å². The molecule has 1 heterocycles. The van der Waals surface area contributed by atoms with Crippen molar-refractivity contribution in [3.05, 3.63) is 70.8 Å². The standard InChI is InChI=1S/C17H13NO3S2/c19-9-11-5-7-12(8-6-11)17(22)23-10-18-15(20)13-3-1-2-4-14(13)16(18)21/h1-8,19H,9-10H2. The van der Waals surface area contributed by atoms with Crippen LogP contribution in [0.25, 0.3) is 0 Å². The number of aliphatic hydroxyl groups excluding tert-OH is 1. The van der Waals surface area contributed by atoms with Gasteiger partial charge in [-0.2, -0.15) is 0 Å². The van der Waals surface area contributed by atoms with Gasteiger partial charge in [-0.15, -0.1) is 0 Å². The summed E-state index contributed by atoms with van der Waals surface area (Å²) >= 11 is 6.62. The maximum Gasteiger partial charge on any atom is 0.262 e. The summed E-state index contributed by atoms with van der Waals surface area (Å²) in [5.74, 6) is -0.375. The van der Waals surface area contributed by atoms with E-state index in [4.69, 9.17) is 17.3 Å². The van der Waals surface area contributed by atoms with Gasteiger partial charge in [-0.1, -0.05) is 60.4 Å². The van der Waals surface area contributed by atoms with E-state index in [0.717, 1.165) is 11.1 Å². The van der Waals surface area contributed by atoms with Gasteiger partial charge in [0.1, 0.15) is 0 Å². The first-order valence-electron chi connectivity index (χ1n) is 6.94. The zero-order chi connectivity index (χ0) is 16.4. The van der Waals surface area contributed by atoms with Gasteiger partial charge in [0.05, 0.1) is 27.8 Å². The Kier molecular flexibility index (Phi) is 4.56. The van der Waals surface area contributed by atoms with Gasteiger partial charge >= 0.3 is 0 Å². The van der Waals surface area contributed by atoms with Gasteiger partial charge in [-0.3, -0.25) is 14.5 Å². The van der Waals surface area contributed by atoms with Crippen molar-refractivity contribution < 1.29 is 14.7 Å². The molecule has 1 aliphatic heterocycles. The Balaban J connectivity index is 1.68. The van der Waals surface area contributed by atoms with Crippen LogP contribution in [0.1, 0.15) is 31.8 Å². The van der Waals surface area contributed by atoms with Crippen molar-refractivity contribution in [2.45, 2.75) is 6.61 Å². The minimum absolute atomic E-state index is 0.0186. The second-order valence-corrected chi connectivity index (χ2v) is 6.62. The molecule has 2 amide bonds. The first kappa shape index (κ1) is 15.9. The average Bonchev–Trinajstić information content (AvgIpc) is 2.84. The number of amides is 2. The Bertz CT molecular complexity index is 752. The van der Waals surface area contributed by atoms with Crippen LogP contribution in [0.5, 0.6) is 0 Å². The van der Waals surface area contributed by atoms with E-state index in [2.05, 4.69) is 0 Å². The third kappa shape index (κ3) is 3.06. The molecular weight excluding hydrogens is 330 g/mol. The Morgan fingerprint density at radius 1 is 1.00 bits per heavy atom. The zero-order valence-corrected chi connectivity index (χ0v) is 13.7. The predicted octanol–water partition coefficient (Wildman–Crippen LogP) is 2.84. The Labute approximate surface area is 143 Å². The lowest BCUT2D eigenvalue weighted by molar-refractivity contribution is 0.0684. The molecule has 0 atom stereocenters. The second kappa shape index (κ2) is 6.62. The number of hydrogen-bond acceptors (Lipinski definition) is 5. The van der Waals surface area contributed by atoms with Gasteiger partial charge in [-0.05, 0) is 23.3 Å². The van der Waals surface area contributed by atoms with E-state index in [-0.39, 0.29) is 24.3 Å². The molecule has 1 aliphatic rings. The largest absolute Gasteiger partial charge is 0.392 e. The molecule has 2 aromatic rings. The fraction of sp³-hybridized carbons (Fsp3) is 0.118. The smallest absolute Gasteiger partial charge is 0.262 e. The van der Waals surface area contributed by atoms with E-state index in [0.29, 0.717) is 15.3 Å². The number of fused-ring (bicyclic) bond motifs is 1. The number of carbonyl (C=O) groups is 2. The van der Waals surface area contributed by atoms with Crippen molar-refractivity contribution in [3.63, 3.8) is 0 Å².